The Bertz CT molecular complexity index is 964. The molecule has 3 aromatic rings. The molecule has 1 amide bonds. The zero-order chi connectivity index (χ0) is 19.5. The maximum Gasteiger partial charge on any atom is 0.223 e. The normalized spacial score (nSPS) is 17.0. The summed E-state index contributed by atoms with van der Waals surface area (Å²) in [5, 5.41) is 0. The van der Waals surface area contributed by atoms with E-state index in [-0.39, 0.29) is 17.6 Å². The van der Waals surface area contributed by atoms with Crippen LogP contribution < -0.4 is 0 Å². The lowest BCUT2D eigenvalue weighted by Gasteiger charge is -2.17. The van der Waals surface area contributed by atoms with Crippen molar-refractivity contribution in [2.75, 3.05) is 6.54 Å². The molecular formula is C23H26FN3O. The molecular weight excluding hydrogens is 353 g/mol. The van der Waals surface area contributed by atoms with Gasteiger partial charge in [-0.2, -0.15) is 0 Å². The van der Waals surface area contributed by atoms with E-state index in [2.05, 4.69) is 17.6 Å². The Balaban J connectivity index is 1.56. The van der Waals surface area contributed by atoms with Crippen LogP contribution in [0.15, 0.2) is 48.5 Å². The fourth-order valence-corrected chi connectivity index (χ4v) is 4.07. The van der Waals surface area contributed by atoms with Gasteiger partial charge < -0.3 is 9.47 Å². The van der Waals surface area contributed by atoms with Crippen molar-refractivity contribution in [3.63, 3.8) is 0 Å². The van der Waals surface area contributed by atoms with Crippen LogP contribution in [0.25, 0.3) is 11.0 Å². The molecule has 0 saturated carbocycles. The number of benzene rings is 2. The van der Waals surface area contributed by atoms with E-state index < -0.39 is 0 Å². The van der Waals surface area contributed by atoms with Crippen LogP contribution >= 0.6 is 0 Å². The van der Waals surface area contributed by atoms with Crippen LogP contribution in [0.5, 0.6) is 0 Å². The molecule has 1 fully saturated rings. The fourth-order valence-electron chi connectivity index (χ4n) is 4.07. The molecule has 0 radical (unpaired) electrons. The predicted molar refractivity (Wildman–Crippen MR) is 108 cm³/mol. The number of carbonyl (C=O) groups is 1. The van der Waals surface area contributed by atoms with Gasteiger partial charge >= 0.3 is 0 Å². The average molecular weight is 379 g/mol. The lowest BCUT2D eigenvalue weighted by Crippen LogP contribution is -2.24. The lowest BCUT2D eigenvalue weighted by atomic mass is 10.1. The second kappa shape index (κ2) is 8.13. The highest BCUT2D eigenvalue weighted by atomic mass is 19.1. The Morgan fingerprint density at radius 1 is 1.11 bits per heavy atom. The molecule has 4 nitrogen and oxygen atoms in total. The molecule has 2 heterocycles. The highest BCUT2D eigenvalue weighted by Gasteiger charge is 2.33. The summed E-state index contributed by atoms with van der Waals surface area (Å²) in [5.74, 6) is 1.01. The maximum atomic E-state index is 13.1. The monoisotopic (exact) mass is 379 g/mol. The minimum absolute atomic E-state index is 0.0991. The number of aryl methyl sites for hydroxylation is 1. The molecule has 0 bridgehead atoms. The van der Waals surface area contributed by atoms with Gasteiger partial charge in [-0.25, -0.2) is 9.37 Å². The van der Waals surface area contributed by atoms with E-state index in [4.69, 9.17) is 4.98 Å². The topological polar surface area (TPSA) is 38.1 Å². The van der Waals surface area contributed by atoms with Crippen molar-refractivity contribution in [3.8, 4) is 0 Å². The second-order valence-corrected chi connectivity index (χ2v) is 7.62. The number of unbranched alkanes of at least 4 members (excludes halogenated alkanes) is 2. The molecule has 0 spiro atoms. The summed E-state index contributed by atoms with van der Waals surface area (Å²) in [4.78, 5) is 19.4. The molecule has 28 heavy (non-hydrogen) atoms. The highest BCUT2D eigenvalue weighted by Crippen LogP contribution is 2.31. The van der Waals surface area contributed by atoms with E-state index >= 15 is 0 Å². The van der Waals surface area contributed by atoms with Gasteiger partial charge in [0.2, 0.25) is 5.91 Å². The van der Waals surface area contributed by atoms with Crippen LogP contribution in [0.2, 0.25) is 0 Å². The number of imidazole rings is 1. The van der Waals surface area contributed by atoms with Crippen LogP contribution in [0.4, 0.5) is 4.39 Å². The molecule has 1 atom stereocenters. The first kappa shape index (κ1) is 18.7. The van der Waals surface area contributed by atoms with Crippen molar-refractivity contribution in [2.24, 2.45) is 0 Å². The minimum atomic E-state index is -0.254. The number of hydrogen-bond donors (Lipinski definition) is 0. The van der Waals surface area contributed by atoms with E-state index in [9.17, 15) is 9.18 Å². The van der Waals surface area contributed by atoms with Crippen molar-refractivity contribution in [1.82, 2.24) is 14.5 Å². The number of carbonyl (C=O) groups excluding carboxylic acids is 1. The van der Waals surface area contributed by atoms with Crippen molar-refractivity contribution in [3.05, 3.63) is 65.7 Å². The van der Waals surface area contributed by atoms with Gasteiger partial charge in [-0.15, -0.1) is 0 Å². The number of likely N-dealkylation sites (tertiary alicyclic amines) is 1. The molecule has 1 aliphatic heterocycles. The quantitative estimate of drug-likeness (QED) is 0.549. The Morgan fingerprint density at radius 3 is 2.68 bits per heavy atom. The number of aromatic nitrogens is 2. The van der Waals surface area contributed by atoms with Gasteiger partial charge in [0.1, 0.15) is 11.6 Å². The number of para-hydroxylation sites is 2. The van der Waals surface area contributed by atoms with Crippen molar-refractivity contribution >= 4 is 16.9 Å². The summed E-state index contributed by atoms with van der Waals surface area (Å²) in [7, 11) is 0. The van der Waals surface area contributed by atoms with E-state index in [1.807, 2.05) is 23.1 Å². The van der Waals surface area contributed by atoms with Gasteiger partial charge in [-0.05, 0) is 36.2 Å². The van der Waals surface area contributed by atoms with E-state index in [0.29, 0.717) is 19.5 Å². The first-order chi connectivity index (χ1) is 13.7. The molecule has 4 rings (SSSR count). The largest absolute Gasteiger partial charge is 0.338 e. The SMILES string of the molecule is CCCCCn1c([C@@H]2CC(=O)N(Cc3ccc(F)cc3)C2)nc2ccccc21. The molecule has 0 N–H and O–H groups in total. The third kappa shape index (κ3) is 3.79. The fraction of sp³-hybridized carbons (Fsp3) is 0.391. The number of amides is 1. The Labute approximate surface area is 165 Å². The van der Waals surface area contributed by atoms with Crippen LogP contribution in [0.3, 0.4) is 0 Å². The maximum absolute atomic E-state index is 13.1. The summed E-state index contributed by atoms with van der Waals surface area (Å²) in [5.41, 5.74) is 3.10. The number of fused-ring (bicyclic) bond motifs is 1. The van der Waals surface area contributed by atoms with Crippen molar-refractivity contribution in [2.45, 2.75) is 51.6 Å². The van der Waals surface area contributed by atoms with Crippen LogP contribution in [-0.4, -0.2) is 26.9 Å². The first-order valence-corrected chi connectivity index (χ1v) is 10.1. The number of rotatable bonds is 7. The smallest absolute Gasteiger partial charge is 0.223 e. The zero-order valence-corrected chi connectivity index (χ0v) is 16.3. The summed E-state index contributed by atoms with van der Waals surface area (Å²) in [6.45, 7) is 4.32. The van der Waals surface area contributed by atoms with Gasteiger partial charge in [0.05, 0.1) is 11.0 Å². The first-order valence-electron chi connectivity index (χ1n) is 10.1. The number of nitrogens with zero attached hydrogens (tertiary/aromatic N) is 3. The average Bonchev–Trinajstić information content (AvgIpc) is 3.25. The van der Waals surface area contributed by atoms with E-state index in [0.717, 1.165) is 35.4 Å². The Morgan fingerprint density at radius 2 is 1.89 bits per heavy atom. The second-order valence-electron chi connectivity index (χ2n) is 7.62. The Hall–Kier alpha value is -2.69. The summed E-state index contributed by atoms with van der Waals surface area (Å²) in [6.07, 6.45) is 3.96. The van der Waals surface area contributed by atoms with Gasteiger partial charge in [-0.1, -0.05) is 44.0 Å². The minimum Gasteiger partial charge on any atom is -0.338 e. The molecule has 146 valence electrons. The zero-order valence-electron chi connectivity index (χ0n) is 16.3. The molecule has 2 aromatic carbocycles. The van der Waals surface area contributed by atoms with E-state index in [1.165, 1.54) is 25.0 Å². The van der Waals surface area contributed by atoms with Gasteiger partial charge in [0.25, 0.3) is 0 Å². The molecule has 5 heteroatoms. The third-order valence-electron chi connectivity index (χ3n) is 5.54. The Kier molecular flexibility index (Phi) is 5.42. The van der Waals surface area contributed by atoms with Crippen molar-refractivity contribution < 1.29 is 9.18 Å². The summed E-state index contributed by atoms with van der Waals surface area (Å²) in [6, 6.07) is 14.6. The molecule has 1 aliphatic rings. The van der Waals surface area contributed by atoms with Gasteiger partial charge in [0.15, 0.2) is 0 Å². The molecule has 1 aromatic heterocycles. The van der Waals surface area contributed by atoms with Crippen LogP contribution in [-0.2, 0) is 17.9 Å². The summed E-state index contributed by atoms with van der Waals surface area (Å²) >= 11 is 0. The van der Waals surface area contributed by atoms with Gasteiger partial charge in [-0.3, -0.25) is 4.79 Å². The molecule has 0 unspecified atom stereocenters. The molecule has 0 aliphatic carbocycles. The van der Waals surface area contributed by atoms with Crippen molar-refractivity contribution in [1.29, 1.82) is 0 Å². The lowest BCUT2D eigenvalue weighted by molar-refractivity contribution is -0.128. The van der Waals surface area contributed by atoms with E-state index in [1.54, 1.807) is 12.1 Å². The molecule has 1 saturated heterocycles. The van der Waals surface area contributed by atoms with Crippen LogP contribution in [0, 0.1) is 5.82 Å². The number of halogens is 1. The number of hydrogen-bond acceptors (Lipinski definition) is 2. The standard InChI is InChI=1S/C23H26FN3O/c1-2-3-6-13-27-21-8-5-4-7-20(21)25-23(27)18-14-22(28)26(16-18)15-17-9-11-19(24)12-10-17/h4-5,7-12,18H,2-3,6,13-16H2,1H3/t18-/m1/s1. The predicted octanol–water partition coefficient (Wildman–Crippen LogP) is 4.88. The van der Waals surface area contributed by atoms with Gasteiger partial charge in [0, 0.05) is 32.0 Å². The third-order valence-corrected chi connectivity index (χ3v) is 5.54. The highest BCUT2D eigenvalue weighted by molar-refractivity contribution is 5.81. The summed E-state index contributed by atoms with van der Waals surface area (Å²) < 4.78 is 15.5. The van der Waals surface area contributed by atoms with Crippen LogP contribution in [0.1, 0.15) is 49.9 Å².